The van der Waals surface area contributed by atoms with Gasteiger partial charge in [-0.15, -0.1) is 11.8 Å². The lowest BCUT2D eigenvalue weighted by Gasteiger charge is -2.29. The van der Waals surface area contributed by atoms with Gasteiger partial charge >= 0.3 is 0 Å². The number of hydrogen-bond donors (Lipinski definition) is 1. The molecule has 1 rings (SSSR count). The number of benzene rings is 1. The van der Waals surface area contributed by atoms with Gasteiger partial charge in [-0.2, -0.15) is 5.26 Å². The third-order valence-electron chi connectivity index (χ3n) is 2.82. The third kappa shape index (κ3) is 3.49. The molecule has 2 unspecified atom stereocenters. The smallest absolute Gasteiger partial charge is 0.0976 e. The lowest BCUT2D eigenvalue weighted by Crippen LogP contribution is -2.31. The molecule has 3 heteroatoms. The van der Waals surface area contributed by atoms with Crippen molar-refractivity contribution in [3.05, 3.63) is 29.8 Å². The van der Waals surface area contributed by atoms with Crippen molar-refractivity contribution >= 4 is 11.8 Å². The molecule has 17 heavy (non-hydrogen) atoms. The molecule has 2 nitrogen and oxygen atoms in total. The highest BCUT2D eigenvalue weighted by atomic mass is 32.2. The Morgan fingerprint density at radius 3 is 2.12 bits per heavy atom. The molecule has 0 aliphatic rings. The molecule has 0 fully saturated rings. The Morgan fingerprint density at radius 2 is 1.76 bits per heavy atom. The van der Waals surface area contributed by atoms with Crippen molar-refractivity contribution in [1.82, 2.24) is 0 Å². The SMILES string of the molecule is CSc1ccc(C(C#N)C(O)C(C)(C)C)cc1. The second-order valence-corrected chi connectivity index (χ2v) is 6.07. The largest absolute Gasteiger partial charge is 0.391 e. The number of aliphatic hydroxyl groups is 1. The minimum atomic E-state index is -0.660. The number of nitrogens with zero attached hydrogens (tertiary/aromatic N) is 1. The van der Waals surface area contributed by atoms with E-state index in [1.165, 1.54) is 0 Å². The molecule has 0 aromatic heterocycles. The summed E-state index contributed by atoms with van der Waals surface area (Å²) in [5.74, 6) is -0.467. The molecule has 0 saturated heterocycles. The van der Waals surface area contributed by atoms with E-state index in [2.05, 4.69) is 6.07 Å². The maximum Gasteiger partial charge on any atom is 0.0976 e. The van der Waals surface area contributed by atoms with Crippen LogP contribution in [-0.2, 0) is 0 Å². The average Bonchev–Trinajstić information content (AvgIpc) is 2.29. The Morgan fingerprint density at radius 1 is 1.24 bits per heavy atom. The van der Waals surface area contributed by atoms with Crippen LogP contribution >= 0.6 is 11.8 Å². The van der Waals surface area contributed by atoms with Crippen LogP contribution in [0.2, 0.25) is 0 Å². The Labute approximate surface area is 108 Å². The Bertz CT molecular complexity index is 400. The maximum absolute atomic E-state index is 10.2. The number of aliphatic hydroxyl groups excluding tert-OH is 1. The van der Waals surface area contributed by atoms with Gasteiger partial charge in [0.15, 0.2) is 0 Å². The highest BCUT2D eigenvalue weighted by Gasteiger charge is 2.31. The molecule has 0 bridgehead atoms. The molecule has 1 aromatic carbocycles. The maximum atomic E-state index is 10.2. The van der Waals surface area contributed by atoms with Gasteiger partial charge in [0.05, 0.1) is 18.1 Å². The molecular weight excluding hydrogens is 230 g/mol. The fraction of sp³-hybridized carbons (Fsp3) is 0.500. The molecule has 0 spiro atoms. The van der Waals surface area contributed by atoms with Crippen LogP contribution in [0.1, 0.15) is 32.3 Å². The van der Waals surface area contributed by atoms with Crippen LogP contribution in [0.3, 0.4) is 0 Å². The summed E-state index contributed by atoms with van der Waals surface area (Å²) in [6.45, 7) is 5.83. The minimum Gasteiger partial charge on any atom is -0.391 e. The van der Waals surface area contributed by atoms with E-state index in [9.17, 15) is 10.4 Å². The van der Waals surface area contributed by atoms with E-state index in [1.807, 2.05) is 51.3 Å². The van der Waals surface area contributed by atoms with Crippen molar-refractivity contribution in [3.63, 3.8) is 0 Å². The molecule has 0 radical (unpaired) electrons. The van der Waals surface area contributed by atoms with E-state index in [0.717, 1.165) is 10.5 Å². The normalized spacial score (nSPS) is 15.1. The van der Waals surface area contributed by atoms with Gasteiger partial charge in [0.2, 0.25) is 0 Å². The molecular formula is C14H19NOS. The monoisotopic (exact) mass is 249 g/mol. The Balaban J connectivity index is 2.98. The number of nitriles is 1. The fourth-order valence-electron chi connectivity index (χ4n) is 1.64. The lowest BCUT2D eigenvalue weighted by molar-refractivity contribution is 0.0527. The Hall–Kier alpha value is -0.980. The quantitative estimate of drug-likeness (QED) is 0.835. The van der Waals surface area contributed by atoms with E-state index < -0.39 is 12.0 Å². The molecule has 1 N–H and O–H groups in total. The molecule has 92 valence electrons. The first kappa shape index (κ1) is 14.1. The fourth-order valence-corrected chi connectivity index (χ4v) is 2.05. The second kappa shape index (κ2) is 5.57. The predicted octanol–water partition coefficient (Wildman–Crippen LogP) is 3.42. The van der Waals surface area contributed by atoms with Crippen LogP contribution in [0.15, 0.2) is 29.2 Å². The van der Waals surface area contributed by atoms with Gasteiger partial charge in [-0.25, -0.2) is 0 Å². The first-order chi connectivity index (χ1) is 7.90. The van der Waals surface area contributed by atoms with Crippen LogP contribution in [0.5, 0.6) is 0 Å². The van der Waals surface area contributed by atoms with Crippen molar-refractivity contribution in [2.45, 2.75) is 37.7 Å². The van der Waals surface area contributed by atoms with E-state index in [0.29, 0.717) is 0 Å². The minimum absolute atomic E-state index is 0.293. The highest BCUT2D eigenvalue weighted by molar-refractivity contribution is 7.98. The molecule has 2 atom stereocenters. The summed E-state index contributed by atoms with van der Waals surface area (Å²) in [7, 11) is 0. The summed E-state index contributed by atoms with van der Waals surface area (Å²) in [5, 5.41) is 19.4. The average molecular weight is 249 g/mol. The van der Waals surface area contributed by atoms with Crippen molar-refractivity contribution in [2.75, 3.05) is 6.26 Å². The van der Waals surface area contributed by atoms with Crippen LogP contribution < -0.4 is 0 Å². The van der Waals surface area contributed by atoms with E-state index >= 15 is 0 Å². The van der Waals surface area contributed by atoms with Crippen LogP contribution in [0, 0.1) is 16.7 Å². The van der Waals surface area contributed by atoms with Crippen molar-refractivity contribution in [3.8, 4) is 6.07 Å². The first-order valence-electron chi connectivity index (χ1n) is 5.61. The molecule has 1 aromatic rings. The summed E-state index contributed by atoms with van der Waals surface area (Å²) in [4.78, 5) is 1.16. The van der Waals surface area contributed by atoms with Gasteiger partial charge in [-0.05, 0) is 29.4 Å². The summed E-state index contributed by atoms with van der Waals surface area (Å²) < 4.78 is 0. The highest BCUT2D eigenvalue weighted by Crippen LogP contribution is 2.32. The van der Waals surface area contributed by atoms with Gasteiger partial charge in [-0.3, -0.25) is 0 Å². The van der Waals surface area contributed by atoms with Gasteiger partial charge < -0.3 is 5.11 Å². The van der Waals surface area contributed by atoms with Gasteiger partial charge in [0, 0.05) is 4.90 Å². The summed E-state index contributed by atoms with van der Waals surface area (Å²) in [5.41, 5.74) is 0.589. The van der Waals surface area contributed by atoms with Gasteiger partial charge in [-0.1, -0.05) is 32.9 Å². The van der Waals surface area contributed by atoms with Crippen LogP contribution in [0.4, 0.5) is 0 Å². The molecule has 0 heterocycles. The van der Waals surface area contributed by atoms with Gasteiger partial charge in [0.1, 0.15) is 0 Å². The topological polar surface area (TPSA) is 44.0 Å². The van der Waals surface area contributed by atoms with Crippen LogP contribution in [-0.4, -0.2) is 17.5 Å². The number of hydrogen-bond acceptors (Lipinski definition) is 3. The second-order valence-electron chi connectivity index (χ2n) is 5.19. The third-order valence-corrected chi connectivity index (χ3v) is 3.56. The number of rotatable bonds is 3. The first-order valence-corrected chi connectivity index (χ1v) is 6.84. The molecule has 0 aliphatic carbocycles. The summed E-state index contributed by atoms with van der Waals surface area (Å²) >= 11 is 1.67. The van der Waals surface area contributed by atoms with E-state index in [4.69, 9.17) is 0 Å². The summed E-state index contributed by atoms with van der Waals surface area (Å²) in [6.07, 6.45) is 1.36. The van der Waals surface area contributed by atoms with Crippen molar-refractivity contribution in [2.24, 2.45) is 5.41 Å². The molecule has 0 saturated carbocycles. The zero-order chi connectivity index (χ0) is 13.1. The zero-order valence-electron chi connectivity index (χ0n) is 10.8. The van der Waals surface area contributed by atoms with Crippen molar-refractivity contribution < 1.29 is 5.11 Å². The zero-order valence-corrected chi connectivity index (χ0v) is 11.6. The number of thioether (sulfide) groups is 1. The van der Waals surface area contributed by atoms with Crippen LogP contribution in [0.25, 0.3) is 0 Å². The summed E-state index contributed by atoms with van der Waals surface area (Å²) in [6, 6.07) is 10.0. The van der Waals surface area contributed by atoms with Gasteiger partial charge in [0.25, 0.3) is 0 Å². The molecule has 0 aliphatic heterocycles. The Kier molecular flexibility index (Phi) is 4.62. The van der Waals surface area contributed by atoms with E-state index in [1.54, 1.807) is 11.8 Å². The van der Waals surface area contributed by atoms with E-state index in [-0.39, 0.29) is 5.41 Å². The standard InChI is InChI=1S/C14H19NOS/c1-14(2,3)13(16)12(9-15)10-5-7-11(17-4)8-6-10/h5-8,12-13,16H,1-4H3. The van der Waals surface area contributed by atoms with Crippen molar-refractivity contribution in [1.29, 1.82) is 5.26 Å². The lowest BCUT2D eigenvalue weighted by atomic mass is 9.79. The molecule has 0 amide bonds. The predicted molar refractivity (Wildman–Crippen MR) is 72.0 cm³/mol.